The van der Waals surface area contributed by atoms with Crippen molar-refractivity contribution in [1.82, 2.24) is 9.80 Å². The highest BCUT2D eigenvalue weighted by Crippen LogP contribution is 2.24. The lowest BCUT2D eigenvalue weighted by molar-refractivity contribution is 0.122. The molecule has 1 aliphatic heterocycles. The van der Waals surface area contributed by atoms with E-state index in [4.69, 9.17) is 0 Å². The first-order valence-corrected chi connectivity index (χ1v) is 6.52. The zero-order chi connectivity index (χ0) is 11.3. The topological polar surface area (TPSA) is 6.48 Å². The number of hydrogen-bond donors (Lipinski definition) is 0. The molecule has 15 heavy (non-hydrogen) atoms. The van der Waals surface area contributed by atoms with Gasteiger partial charge in [0.2, 0.25) is 0 Å². The molecule has 1 fully saturated rings. The van der Waals surface area contributed by atoms with Gasteiger partial charge >= 0.3 is 0 Å². The van der Waals surface area contributed by atoms with Crippen LogP contribution in [0.2, 0.25) is 0 Å². The highest BCUT2D eigenvalue weighted by Gasteiger charge is 2.19. The Bertz CT molecular complexity index is 169. The predicted molar refractivity (Wildman–Crippen MR) is 67.2 cm³/mol. The van der Waals surface area contributed by atoms with Crippen LogP contribution in [0, 0.1) is 5.41 Å². The maximum Gasteiger partial charge on any atom is 0.0110 e. The van der Waals surface area contributed by atoms with Crippen LogP contribution in [-0.2, 0) is 0 Å². The zero-order valence-electron chi connectivity index (χ0n) is 11.1. The van der Waals surface area contributed by atoms with Crippen LogP contribution in [0.15, 0.2) is 0 Å². The Morgan fingerprint density at radius 3 is 1.93 bits per heavy atom. The van der Waals surface area contributed by atoms with Gasteiger partial charge in [0.05, 0.1) is 0 Å². The van der Waals surface area contributed by atoms with Crippen LogP contribution < -0.4 is 0 Å². The van der Waals surface area contributed by atoms with E-state index in [1.54, 1.807) is 0 Å². The summed E-state index contributed by atoms with van der Waals surface area (Å²) in [6, 6.07) is 0. The summed E-state index contributed by atoms with van der Waals surface area (Å²) in [6.45, 7) is 16.9. The molecular weight excluding hydrogens is 184 g/mol. The molecule has 0 saturated carbocycles. The van der Waals surface area contributed by atoms with Gasteiger partial charge in [0.25, 0.3) is 0 Å². The zero-order valence-corrected chi connectivity index (χ0v) is 11.1. The van der Waals surface area contributed by atoms with E-state index in [-0.39, 0.29) is 0 Å². The Kier molecular flexibility index (Phi) is 5.07. The minimum atomic E-state index is 0.530. The number of nitrogens with zero attached hydrogens (tertiary/aromatic N) is 2. The summed E-state index contributed by atoms with van der Waals surface area (Å²) in [6.07, 6.45) is 2.64. The fraction of sp³-hybridized carbons (Fsp3) is 1.00. The number of piperazine rings is 1. The van der Waals surface area contributed by atoms with Crippen molar-refractivity contribution < 1.29 is 0 Å². The van der Waals surface area contributed by atoms with E-state index in [0.717, 1.165) is 0 Å². The molecule has 0 aromatic carbocycles. The smallest absolute Gasteiger partial charge is 0.0110 e. The van der Waals surface area contributed by atoms with Gasteiger partial charge in [0.15, 0.2) is 0 Å². The van der Waals surface area contributed by atoms with Crippen molar-refractivity contribution in [1.29, 1.82) is 0 Å². The van der Waals surface area contributed by atoms with Gasteiger partial charge in [-0.25, -0.2) is 0 Å². The molecule has 1 saturated heterocycles. The summed E-state index contributed by atoms with van der Waals surface area (Å²) in [7, 11) is 0. The summed E-state index contributed by atoms with van der Waals surface area (Å²) in [5.74, 6) is 0. The first kappa shape index (κ1) is 13.0. The molecule has 0 bridgehead atoms. The van der Waals surface area contributed by atoms with E-state index < -0.39 is 0 Å². The van der Waals surface area contributed by atoms with Crippen LogP contribution in [0.25, 0.3) is 0 Å². The summed E-state index contributed by atoms with van der Waals surface area (Å²) >= 11 is 0. The molecule has 0 N–H and O–H groups in total. The monoisotopic (exact) mass is 212 g/mol. The Morgan fingerprint density at radius 1 is 0.933 bits per heavy atom. The molecule has 0 atom stereocenters. The lowest BCUT2D eigenvalue weighted by Crippen LogP contribution is -2.46. The minimum absolute atomic E-state index is 0.530. The molecule has 0 aliphatic carbocycles. The van der Waals surface area contributed by atoms with Gasteiger partial charge in [-0.05, 0) is 24.9 Å². The van der Waals surface area contributed by atoms with E-state index in [0.29, 0.717) is 5.41 Å². The summed E-state index contributed by atoms with van der Waals surface area (Å²) in [5, 5.41) is 0. The molecule has 2 nitrogen and oxygen atoms in total. The maximum absolute atomic E-state index is 2.63. The van der Waals surface area contributed by atoms with E-state index >= 15 is 0 Å². The molecule has 0 spiro atoms. The van der Waals surface area contributed by atoms with Crippen LogP contribution >= 0.6 is 0 Å². The van der Waals surface area contributed by atoms with Crippen molar-refractivity contribution in [2.75, 3.05) is 39.3 Å². The lowest BCUT2D eigenvalue weighted by atomic mass is 9.86. The Hall–Kier alpha value is -0.0800. The van der Waals surface area contributed by atoms with Crippen LogP contribution in [0.1, 0.15) is 40.5 Å². The van der Waals surface area contributed by atoms with Crippen molar-refractivity contribution in [3.63, 3.8) is 0 Å². The standard InChI is InChI=1S/C13H28N2/c1-5-13(3,4)7-8-15-11-9-14(6-2)10-12-15/h5-12H2,1-4H3. The number of hydrogen-bond acceptors (Lipinski definition) is 2. The third-order valence-electron chi connectivity index (χ3n) is 3.97. The average molecular weight is 212 g/mol. The second-order valence-corrected chi connectivity index (χ2v) is 5.54. The van der Waals surface area contributed by atoms with Gasteiger partial charge in [-0.1, -0.05) is 34.1 Å². The van der Waals surface area contributed by atoms with E-state index in [9.17, 15) is 0 Å². The molecular formula is C13H28N2. The maximum atomic E-state index is 2.63. The van der Waals surface area contributed by atoms with Crippen molar-refractivity contribution in [3.8, 4) is 0 Å². The summed E-state index contributed by atoms with van der Waals surface area (Å²) in [4.78, 5) is 5.17. The predicted octanol–water partition coefficient (Wildman–Crippen LogP) is 2.45. The van der Waals surface area contributed by atoms with Gasteiger partial charge in [0, 0.05) is 26.2 Å². The average Bonchev–Trinajstić information content (AvgIpc) is 2.27. The van der Waals surface area contributed by atoms with Crippen molar-refractivity contribution >= 4 is 0 Å². The molecule has 0 radical (unpaired) electrons. The van der Waals surface area contributed by atoms with E-state index in [2.05, 4.69) is 37.5 Å². The molecule has 1 heterocycles. The lowest BCUT2D eigenvalue weighted by Gasteiger charge is -2.35. The van der Waals surface area contributed by atoms with Crippen molar-refractivity contribution in [3.05, 3.63) is 0 Å². The van der Waals surface area contributed by atoms with E-state index in [1.807, 2.05) is 0 Å². The van der Waals surface area contributed by atoms with Gasteiger partial charge in [-0.3, -0.25) is 0 Å². The third kappa shape index (κ3) is 4.52. The second-order valence-electron chi connectivity index (χ2n) is 5.54. The number of likely N-dealkylation sites (N-methyl/N-ethyl adjacent to an activating group) is 1. The SMILES string of the molecule is CCN1CCN(CCC(C)(C)CC)CC1. The molecule has 2 heteroatoms. The van der Waals surface area contributed by atoms with Crippen LogP contribution in [0.4, 0.5) is 0 Å². The highest BCUT2D eigenvalue weighted by atomic mass is 15.3. The minimum Gasteiger partial charge on any atom is -0.301 e. The third-order valence-corrected chi connectivity index (χ3v) is 3.97. The molecule has 0 unspecified atom stereocenters. The largest absolute Gasteiger partial charge is 0.301 e. The molecule has 0 amide bonds. The normalized spacial score (nSPS) is 20.8. The number of rotatable bonds is 5. The summed E-state index contributed by atoms with van der Waals surface area (Å²) < 4.78 is 0. The quantitative estimate of drug-likeness (QED) is 0.691. The molecule has 1 rings (SSSR count). The molecule has 0 aromatic rings. The summed E-state index contributed by atoms with van der Waals surface area (Å²) in [5.41, 5.74) is 0.530. The molecule has 0 aromatic heterocycles. The van der Waals surface area contributed by atoms with Gasteiger partial charge in [-0.2, -0.15) is 0 Å². The highest BCUT2D eigenvalue weighted by molar-refractivity contribution is 4.74. The first-order chi connectivity index (χ1) is 7.07. The fourth-order valence-electron chi connectivity index (χ4n) is 1.97. The Labute approximate surface area is 95.6 Å². The fourth-order valence-corrected chi connectivity index (χ4v) is 1.97. The van der Waals surface area contributed by atoms with Gasteiger partial charge in [0.1, 0.15) is 0 Å². The molecule has 1 aliphatic rings. The Balaban J connectivity index is 2.19. The second kappa shape index (κ2) is 5.86. The first-order valence-electron chi connectivity index (χ1n) is 6.52. The van der Waals surface area contributed by atoms with Crippen molar-refractivity contribution in [2.24, 2.45) is 5.41 Å². The van der Waals surface area contributed by atoms with Crippen LogP contribution in [0.3, 0.4) is 0 Å². The Morgan fingerprint density at radius 2 is 1.47 bits per heavy atom. The van der Waals surface area contributed by atoms with Crippen LogP contribution in [-0.4, -0.2) is 49.1 Å². The van der Waals surface area contributed by atoms with Crippen LogP contribution in [0.5, 0.6) is 0 Å². The van der Waals surface area contributed by atoms with Crippen molar-refractivity contribution in [2.45, 2.75) is 40.5 Å². The molecule has 90 valence electrons. The van der Waals surface area contributed by atoms with E-state index in [1.165, 1.54) is 52.1 Å². The van der Waals surface area contributed by atoms with Gasteiger partial charge < -0.3 is 9.80 Å². The van der Waals surface area contributed by atoms with Gasteiger partial charge in [-0.15, -0.1) is 0 Å².